The summed E-state index contributed by atoms with van der Waals surface area (Å²) in [5.41, 5.74) is 6.21. The Morgan fingerprint density at radius 3 is 2.93 bits per heavy atom. The molecule has 72 valence electrons. The van der Waals surface area contributed by atoms with Crippen molar-refractivity contribution in [1.29, 1.82) is 0 Å². The second-order valence-corrected chi connectivity index (χ2v) is 4.81. The van der Waals surface area contributed by atoms with E-state index in [4.69, 9.17) is 17.3 Å². The largest absolute Gasteiger partial charge is 0.399 e. The van der Waals surface area contributed by atoms with Gasteiger partial charge in [0.2, 0.25) is 0 Å². The fourth-order valence-corrected chi connectivity index (χ4v) is 2.54. The van der Waals surface area contributed by atoms with Crippen LogP contribution < -0.4 is 5.73 Å². The molecule has 0 aromatic carbocycles. The molecular formula is C7H5ClN4S2. The lowest BCUT2D eigenvalue weighted by molar-refractivity contribution is 1.13. The first-order valence-corrected chi connectivity index (χ1v) is 5.58. The molecule has 2 N–H and O–H groups in total. The van der Waals surface area contributed by atoms with E-state index in [0.29, 0.717) is 10.8 Å². The van der Waals surface area contributed by atoms with Crippen LogP contribution in [0.1, 0.15) is 0 Å². The van der Waals surface area contributed by atoms with Gasteiger partial charge >= 0.3 is 0 Å². The SMILES string of the molecule is Nc1cc(Cl)nc(Sc2ncns2)c1. The van der Waals surface area contributed by atoms with E-state index in [1.165, 1.54) is 29.6 Å². The molecule has 14 heavy (non-hydrogen) atoms. The zero-order valence-corrected chi connectivity index (χ0v) is 9.23. The van der Waals surface area contributed by atoms with Gasteiger partial charge in [0.05, 0.1) is 0 Å². The number of nitrogens with zero attached hydrogens (tertiary/aromatic N) is 3. The van der Waals surface area contributed by atoms with Crippen LogP contribution in [0.5, 0.6) is 0 Å². The topological polar surface area (TPSA) is 64.7 Å². The Labute approximate surface area is 93.7 Å². The highest BCUT2D eigenvalue weighted by Crippen LogP contribution is 2.28. The molecule has 0 aliphatic carbocycles. The maximum absolute atomic E-state index is 5.75. The van der Waals surface area contributed by atoms with Gasteiger partial charge in [-0.3, -0.25) is 0 Å². The standard InChI is InChI=1S/C7H5ClN4S2/c8-5-1-4(9)2-6(12-5)13-7-10-3-11-14-7/h1-3H,(H2,9,12). The van der Waals surface area contributed by atoms with Gasteiger partial charge in [0.15, 0.2) is 4.34 Å². The number of halogens is 1. The van der Waals surface area contributed by atoms with Crippen molar-refractivity contribution in [2.75, 3.05) is 5.73 Å². The van der Waals surface area contributed by atoms with Crippen LogP contribution in [-0.2, 0) is 0 Å². The Balaban J connectivity index is 2.25. The van der Waals surface area contributed by atoms with E-state index in [1.54, 1.807) is 12.1 Å². The van der Waals surface area contributed by atoms with E-state index >= 15 is 0 Å². The number of aromatic nitrogens is 3. The third-order valence-corrected chi connectivity index (χ3v) is 3.15. The summed E-state index contributed by atoms with van der Waals surface area (Å²) in [5, 5.41) is 1.11. The fraction of sp³-hybridized carbons (Fsp3) is 0. The van der Waals surface area contributed by atoms with Crippen LogP contribution in [0, 0.1) is 0 Å². The molecule has 2 heterocycles. The predicted molar refractivity (Wildman–Crippen MR) is 57.7 cm³/mol. The number of nitrogens with two attached hydrogens (primary N) is 1. The molecule has 0 spiro atoms. The van der Waals surface area contributed by atoms with Crippen molar-refractivity contribution >= 4 is 40.6 Å². The molecular weight excluding hydrogens is 240 g/mol. The Morgan fingerprint density at radius 1 is 1.43 bits per heavy atom. The predicted octanol–water partition coefficient (Wildman–Crippen LogP) is 2.32. The molecule has 0 aliphatic heterocycles. The number of hydrogen-bond acceptors (Lipinski definition) is 6. The average molecular weight is 245 g/mol. The van der Waals surface area contributed by atoms with Gasteiger partial charge in [-0.2, -0.15) is 4.37 Å². The molecule has 0 unspecified atom stereocenters. The normalized spacial score (nSPS) is 10.4. The first-order valence-electron chi connectivity index (χ1n) is 3.61. The molecule has 0 saturated carbocycles. The van der Waals surface area contributed by atoms with Crippen molar-refractivity contribution in [2.24, 2.45) is 0 Å². The number of anilines is 1. The van der Waals surface area contributed by atoms with E-state index < -0.39 is 0 Å². The second kappa shape index (κ2) is 4.12. The molecule has 2 rings (SSSR count). The van der Waals surface area contributed by atoms with Crippen LogP contribution in [0.3, 0.4) is 0 Å². The quantitative estimate of drug-likeness (QED) is 0.822. The first-order chi connectivity index (χ1) is 6.74. The molecule has 0 atom stereocenters. The molecule has 2 aromatic rings. The van der Waals surface area contributed by atoms with Gasteiger partial charge in [-0.15, -0.1) is 0 Å². The van der Waals surface area contributed by atoms with Gasteiger partial charge in [0.1, 0.15) is 16.5 Å². The molecule has 7 heteroatoms. The number of hydrogen-bond donors (Lipinski definition) is 1. The van der Waals surface area contributed by atoms with Crippen molar-refractivity contribution in [3.8, 4) is 0 Å². The Kier molecular flexibility index (Phi) is 2.85. The molecule has 0 bridgehead atoms. The number of nitrogen functional groups attached to an aromatic ring is 1. The van der Waals surface area contributed by atoms with Gasteiger partial charge in [-0.1, -0.05) is 11.6 Å². The molecule has 2 aromatic heterocycles. The summed E-state index contributed by atoms with van der Waals surface area (Å²) in [6.07, 6.45) is 1.50. The number of pyridine rings is 1. The smallest absolute Gasteiger partial charge is 0.175 e. The van der Waals surface area contributed by atoms with Gasteiger partial charge in [0, 0.05) is 5.69 Å². The van der Waals surface area contributed by atoms with E-state index in [-0.39, 0.29) is 0 Å². The molecule has 0 fully saturated rings. The summed E-state index contributed by atoms with van der Waals surface area (Å²) in [4.78, 5) is 8.11. The summed E-state index contributed by atoms with van der Waals surface area (Å²) < 4.78 is 4.70. The van der Waals surface area contributed by atoms with Crippen LogP contribution in [0.15, 0.2) is 27.8 Å². The van der Waals surface area contributed by atoms with Crippen LogP contribution in [0.2, 0.25) is 5.15 Å². The third-order valence-electron chi connectivity index (χ3n) is 1.33. The van der Waals surface area contributed by atoms with Crippen molar-refractivity contribution in [3.63, 3.8) is 0 Å². The third kappa shape index (κ3) is 2.34. The minimum Gasteiger partial charge on any atom is -0.399 e. The maximum atomic E-state index is 5.75. The Bertz CT molecular complexity index is 411. The van der Waals surface area contributed by atoms with Crippen molar-refractivity contribution < 1.29 is 0 Å². The monoisotopic (exact) mass is 244 g/mol. The minimum absolute atomic E-state index is 0.386. The zero-order valence-electron chi connectivity index (χ0n) is 6.85. The van der Waals surface area contributed by atoms with Crippen LogP contribution in [0.25, 0.3) is 0 Å². The highest BCUT2D eigenvalue weighted by molar-refractivity contribution is 8.00. The van der Waals surface area contributed by atoms with Gasteiger partial charge in [0.25, 0.3) is 0 Å². The minimum atomic E-state index is 0.386. The summed E-state index contributed by atoms with van der Waals surface area (Å²) in [7, 11) is 0. The second-order valence-electron chi connectivity index (χ2n) is 2.37. The zero-order chi connectivity index (χ0) is 9.97. The van der Waals surface area contributed by atoms with Gasteiger partial charge in [-0.25, -0.2) is 9.97 Å². The molecule has 0 saturated heterocycles. The van der Waals surface area contributed by atoms with Crippen molar-refractivity contribution in [1.82, 2.24) is 14.3 Å². The molecule has 0 radical (unpaired) electrons. The van der Waals surface area contributed by atoms with Crippen molar-refractivity contribution in [2.45, 2.75) is 9.37 Å². The Hall–Kier alpha value is -0.850. The molecule has 0 aliphatic rings. The summed E-state index contributed by atoms with van der Waals surface area (Å²) in [5.74, 6) is 0. The average Bonchev–Trinajstić information content (AvgIpc) is 2.54. The van der Waals surface area contributed by atoms with Crippen LogP contribution in [0.4, 0.5) is 5.69 Å². The number of rotatable bonds is 2. The molecule has 4 nitrogen and oxygen atoms in total. The van der Waals surface area contributed by atoms with E-state index in [2.05, 4.69) is 14.3 Å². The van der Waals surface area contributed by atoms with Crippen molar-refractivity contribution in [3.05, 3.63) is 23.6 Å². The maximum Gasteiger partial charge on any atom is 0.175 e. The summed E-state index contributed by atoms with van der Waals surface area (Å²) in [6.45, 7) is 0. The highest BCUT2D eigenvalue weighted by Gasteiger charge is 2.04. The van der Waals surface area contributed by atoms with E-state index in [0.717, 1.165) is 9.37 Å². The Morgan fingerprint density at radius 2 is 2.29 bits per heavy atom. The molecule has 0 amide bonds. The lowest BCUT2D eigenvalue weighted by atomic mass is 10.4. The van der Waals surface area contributed by atoms with Crippen LogP contribution in [-0.4, -0.2) is 14.3 Å². The lowest BCUT2D eigenvalue weighted by Crippen LogP contribution is -1.88. The highest BCUT2D eigenvalue weighted by atomic mass is 35.5. The van der Waals surface area contributed by atoms with E-state index in [1.807, 2.05) is 0 Å². The first kappa shape index (κ1) is 9.70. The van der Waals surface area contributed by atoms with E-state index in [9.17, 15) is 0 Å². The fourth-order valence-electron chi connectivity index (χ4n) is 0.841. The summed E-state index contributed by atoms with van der Waals surface area (Å²) in [6, 6.07) is 3.35. The summed E-state index contributed by atoms with van der Waals surface area (Å²) >= 11 is 8.45. The van der Waals surface area contributed by atoms with Gasteiger partial charge < -0.3 is 5.73 Å². The van der Waals surface area contributed by atoms with Crippen LogP contribution >= 0.6 is 34.9 Å². The van der Waals surface area contributed by atoms with Gasteiger partial charge in [-0.05, 0) is 35.4 Å². The lowest BCUT2D eigenvalue weighted by Gasteiger charge is -1.99.